The summed E-state index contributed by atoms with van der Waals surface area (Å²) in [5.74, 6) is 1.09. The lowest BCUT2D eigenvalue weighted by molar-refractivity contribution is 0.126. The fourth-order valence-electron chi connectivity index (χ4n) is 2.91. The van der Waals surface area contributed by atoms with Crippen LogP contribution in [0.3, 0.4) is 0 Å². The van der Waals surface area contributed by atoms with Gasteiger partial charge >= 0.3 is 0 Å². The highest BCUT2D eigenvalue weighted by molar-refractivity contribution is 8.23. The van der Waals surface area contributed by atoms with Gasteiger partial charge in [-0.05, 0) is 12.8 Å². The number of likely N-dealkylation sites (tertiary alicyclic amines) is 1. The number of sulfonamides is 1. The van der Waals surface area contributed by atoms with Crippen molar-refractivity contribution in [1.82, 2.24) is 14.1 Å². The van der Waals surface area contributed by atoms with Crippen LogP contribution >= 0.6 is 24.0 Å². The van der Waals surface area contributed by atoms with Crippen LogP contribution in [-0.4, -0.2) is 77.7 Å². The summed E-state index contributed by atoms with van der Waals surface area (Å²) in [7, 11) is -3.08. The van der Waals surface area contributed by atoms with Crippen molar-refractivity contribution in [3.63, 3.8) is 0 Å². The van der Waals surface area contributed by atoms with Crippen LogP contribution in [0.4, 0.5) is 0 Å². The molecule has 2 fully saturated rings. The number of piperidine rings is 1. The first-order valence-electron chi connectivity index (χ1n) is 7.02. The van der Waals surface area contributed by atoms with E-state index in [2.05, 4.69) is 9.80 Å². The largest absolute Gasteiger partial charge is 0.344 e. The average molecular weight is 338 g/mol. The maximum atomic E-state index is 11.7. The van der Waals surface area contributed by atoms with E-state index in [1.54, 1.807) is 16.1 Å². The molecule has 2 saturated heterocycles. The Bertz CT molecular complexity index is 447. The summed E-state index contributed by atoms with van der Waals surface area (Å²) in [6.07, 6.45) is 3.13. The van der Waals surface area contributed by atoms with Crippen LogP contribution in [0, 0.1) is 0 Å². The van der Waals surface area contributed by atoms with Crippen LogP contribution in [0.1, 0.15) is 19.8 Å². The van der Waals surface area contributed by atoms with Gasteiger partial charge in [0.05, 0.1) is 12.9 Å². The summed E-state index contributed by atoms with van der Waals surface area (Å²) >= 11 is 7.07. The van der Waals surface area contributed by atoms with Gasteiger partial charge in [0.2, 0.25) is 10.0 Å². The summed E-state index contributed by atoms with van der Waals surface area (Å²) in [4.78, 5) is 4.62. The lowest BCUT2D eigenvalue weighted by Gasteiger charge is -2.38. The van der Waals surface area contributed by atoms with E-state index in [0.717, 1.165) is 49.2 Å². The first kappa shape index (κ1) is 16.5. The monoisotopic (exact) mass is 337 g/mol. The van der Waals surface area contributed by atoms with Crippen molar-refractivity contribution in [1.29, 1.82) is 0 Å². The van der Waals surface area contributed by atoms with Crippen molar-refractivity contribution < 1.29 is 8.42 Å². The third kappa shape index (κ3) is 4.07. The Morgan fingerprint density at radius 3 is 2.45 bits per heavy atom. The van der Waals surface area contributed by atoms with Gasteiger partial charge in [-0.1, -0.05) is 30.9 Å². The highest BCUT2D eigenvalue weighted by Gasteiger charge is 2.30. The molecule has 2 heterocycles. The van der Waals surface area contributed by atoms with Crippen LogP contribution in [0.15, 0.2) is 0 Å². The van der Waals surface area contributed by atoms with Crippen molar-refractivity contribution in [3.05, 3.63) is 0 Å². The molecule has 0 aromatic rings. The highest BCUT2D eigenvalue weighted by Crippen LogP contribution is 2.22. The summed E-state index contributed by atoms with van der Waals surface area (Å²) in [5.41, 5.74) is 0. The molecule has 0 radical (unpaired) electrons. The molecule has 0 aromatic heterocycles. The molecule has 0 amide bonds. The van der Waals surface area contributed by atoms with Crippen molar-refractivity contribution in [2.24, 2.45) is 0 Å². The molecule has 0 bridgehead atoms. The van der Waals surface area contributed by atoms with Gasteiger partial charge in [0.15, 0.2) is 0 Å². The number of rotatable bonds is 5. The maximum absolute atomic E-state index is 11.7. The predicted molar refractivity (Wildman–Crippen MR) is 88.4 cm³/mol. The molecule has 0 aliphatic carbocycles. The van der Waals surface area contributed by atoms with E-state index in [1.165, 1.54) is 6.26 Å². The molecule has 0 N–H and O–H groups in total. The van der Waals surface area contributed by atoms with E-state index in [0.29, 0.717) is 6.54 Å². The Hall–Kier alpha value is 0.110. The van der Waals surface area contributed by atoms with E-state index in [9.17, 15) is 8.42 Å². The fraction of sp³-hybridized carbons (Fsp3) is 0.917. The minimum Gasteiger partial charge on any atom is -0.344 e. The fourth-order valence-corrected chi connectivity index (χ4v) is 5.35. The second-order valence-corrected chi connectivity index (χ2v) is 9.00. The molecule has 0 saturated carbocycles. The Labute approximate surface area is 131 Å². The molecule has 0 spiro atoms. The van der Waals surface area contributed by atoms with Gasteiger partial charge in [-0.15, -0.1) is 0 Å². The smallest absolute Gasteiger partial charge is 0.211 e. The SMILES string of the molecule is CCN(C1CCN(CN2CCSC2=S)CC1)S(C)(=O)=O. The topological polar surface area (TPSA) is 43.9 Å². The standard InChI is InChI=1S/C12H23N3O2S3/c1-3-15(20(2,16)17)11-4-6-13(7-5-11)10-14-8-9-19-12(14)18/h11H,3-10H2,1-2H3. The Morgan fingerprint density at radius 1 is 1.35 bits per heavy atom. The zero-order valence-corrected chi connectivity index (χ0v) is 14.6. The first-order chi connectivity index (χ1) is 9.41. The maximum Gasteiger partial charge on any atom is 0.211 e. The first-order valence-corrected chi connectivity index (χ1v) is 10.3. The van der Waals surface area contributed by atoms with Crippen molar-refractivity contribution >= 4 is 38.3 Å². The molecule has 0 atom stereocenters. The Balaban J connectivity index is 1.84. The number of hydrogen-bond acceptors (Lipinski definition) is 5. The van der Waals surface area contributed by atoms with Crippen LogP contribution in [0.5, 0.6) is 0 Å². The van der Waals surface area contributed by atoms with Gasteiger partial charge in [-0.2, -0.15) is 4.31 Å². The molecule has 5 nitrogen and oxygen atoms in total. The van der Waals surface area contributed by atoms with Crippen LogP contribution < -0.4 is 0 Å². The third-order valence-corrected chi connectivity index (χ3v) is 6.83. The van der Waals surface area contributed by atoms with Crippen LogP contribution in [0.2, 0.25) is 0 Å². The van der Waals surface area contributed by atoms with Crippen molar-refractivity contribution in [3.8, 4) is 0 Å². The predicted octanol–water partition coefficient (Wildman–Crippen LogP) is 1.02. The second-order valence-electron chi connectivity index (χ2n) is 5.33. The number of thioether (sulfide) groups is 1. The summed E-state index contributed by atoms with van der Waals surface area (Å²) < 4.78 is 26.1. The van der Waals surface area contributed by atoms with Gasteiger partial charge < -0.3 is 4.90 Å². The lowest BCUT2D eigenvalue weighted by Crippen LogP contribution is -2.49. The normalized spacial score (nSPS) is 22.9. The van der Waals surface area contributed by atoms with Crippen molar-refractivity contribution in [2.45, 2.75) is 25.8 Å². The molecular formula is C12H23N3O2S3. The summed E-state index contributed by atoms with van der Waals surface area (Å²) in [6.45, 7) is 6.29. The summed E-state index contributed by atoms with van der Waals surface area (Å²) in [6, 6.07) is 0.158. The number of nitrogens with zero attached hydrogens (tertiary/aromatic N) is 3. The van der Waals surface area contributed by atoms with E-state index < -0.39 is 10.0 Å². The summed E-state index contributed by atoms with van der Waals surface area (Å²) in [5, 5.41) is 0. The van der Waals surface area contributed by atoms with E-state index in [4.69, 9.17) is 12.2 Å². The van der Waals surface area contributed by atoms with Gasteiger partial charge in [0.25, 0.3) is 0 Å². The van der Waals surface area contributed by atoms with E-state index in [-0.39, 0.29) is 6.04 Å². The minimum absolute atomic E-state index is 0.158. The zero-order valence-electron chi connectivity index (χ0n) is 12.1. The highest BCUT2D eigenvalue weighted by atomic mass is 32.2. The van der Waals surface area contributed by atoms with E-state index >= 15 is 0 Å². The number of thiocarbonyl (C=S) groups is 1. The third-order valence-electron chi connectivity index (χ3n) is 3.92. The molecule has 0 aromatic carbocycles. The minimum atomic E-state index is -3.08. The molecule has 20 heavy (non-hydrogen) atoms. The Morgan fingerprint density at radius 2 is 2.00 bits per heavy atom. The second kappa shape index (κ2) is 6.91. The van der Waals surface area contributed by atoms with Crippen molar-refractivity contribution in [2.75, 3.05) is 44.9 Å². The van der Waals surface area contributed by atoms with Crippen LogP contribution in [0.25, 0.3) is 0 Å². The molecule has 0 unspecified atom stereocenters. The zero-order chi connectivity index (χ0) is 14.8. The molecule has 2 aliphatic heterocycles. The molecule has 8 heteroatoms. The molecule has 2 rings (SSSR count). The van der Waals surface area contributed by atoms with Crippen LogP contribution in [-0.2, 0) is 10.0 Å². The van der Waals surface area contributed by atoms with Gasteiger partial charge in [0.1, 0.15) is 4.32 Å². The lowest BCUT2D eigenvalue weighted by atomic mass is 10.1. The van der Waals surface area contributed by atoms with Gasteiger partial charge in [-0.25, -0.2) is 8.42 Å². The Kier molecular flexibility index (Phi) is 5.70. The number of hydrogen-bond donors (Lipinski definition) is 0. The quantitative estimate of drug-likeness (QED) is 0.698. The van der Waals surface area contributed by atoms with Gasteiger partial charge in [-0.3, -0.25) is 4.90 Å². The van der Waals surface area contributed by atoms with Gasteiger partial charge in [0, 0.05) is 38.0 Å². The van der Waals surface area contributed by atoms with E-state index in [1.807, 2.05) is 6.92 Å². The molecule has 116 valence electrons. The average Bonchev–Trinajstić information content (AvgIpc) is 2.76. The molecule has 2 aliphatic rings. The molecular weight excluding hydrogens is 314 g/mol.